The summed E-state index contributed by atoms with van der Waals surface area (Å²) in [5.74, 6) is 0.758. The second-order valence-corrected chi connectivity index (χ2v) is 7.53. The largest absolute Gasteiger partial charge is 0.352 e. The van der Waals surface area contributed by atoms with Crippen molar-refractivity contribution in [1.82, 2.24) is 20.3 Å². The number of hydrogen-bond donors (Lipinski definition) is 1. The van der Waals surface area contributed by atoms with E-state index in [1.807, 2.05) is 32.9 Å². The molecule has 1 aliphatic heterocycles. The highest BCUT2D eigenvalue weighted by atomic mass is 32.1. The van der Waals surface area contributed by atoms with Gasteiger partial charge < -0.3 is 10.2 Å². The van der Waals surface area contributed by atoms with Gasteiger partial charge in [-0.2, -0.15) is 0 Å². The Kier molecular flexibility index (Phi) is 6.98. The zero-order valence-corrected chi connectivity index (χ0v) is 17.8. The first kappa shape index (κ1) is 21.0. The van der Waals surface area contributed by atoms with Gasteiger partial charge in [-0.15, -0.1) is 11.3 Å². The molecule has 0 fully saturated rings. The molecule has 148 valence electrons. The fraction of sp³-hybridized carbons (Fsp3) is 0.333. The Balaban J connectivity index is 0.00000117. The van der Waals surface area contributed by atoms with Gasteiger partial charge in [-0.25, -0.2) is 4.98 Å². The predicted molar refractivity (Wildman–Crippen MR) is 118 cm³/mol. The number of carbonyl (C=O) groups excluding carboxylic acids is 1. The van der Waals surface area contributed by atoms with Gasteiger partial charge in [0.15, 0.2) is 0 Å². The number of amides is 1. The van der Waals surface area contributed by atoms with Gasteiger partial charge in [0, 0.05) is 48.7 Å². The van der Waals surface area contributed by atoms with Crippen LogP contribution in [-0.4, -0.2) is 35.3 Å². The highest BCUT2D eigenvalue weighted by molar-refractivity contribution is 7.09. The van der Waals surface area contributed by atoms with Gasteiger partial charge in [0.25, 0.3) is 5.91 Å². The van der Waals surface area contributed by atoms with Crippen LogP contribution in [0.3, 0.4) is 0 Å². The normalized spacial score (nSPS) is 12.6. The lowest BCUT2D eigenvalue weighted by Gasteiger charge is -2.30. The summed E-state index contributed by atoms with van der Waals surface area (Å²) < 4.78 is 0. The summed E-state index contributed by atoms with van der Waals surface area (Å²) in [6, 6.07) is 3.86. The molecule has 0 spiro atoms. The number of aryl methyl sites for hydroxylation is 1. The van der Waals surface area contributed by atoms with E-state index in [2.05, 4.69) is 25.2 Å². The van der Waals surface area contributed by atoms with E-state index in [9.17, 15) is 4.79 Å². The molecule has 0 aliphatic carbocycles. The molecular formula is C21H24BN5OS. The number of pyridine rings is 2. The monoisotopic (exact) mass is 405 g/mol. The number of fused-ring (bicyclic) bond motifs is 1. The van der Waals surface area contributed by atoms with Crippen molar-refractivity contribution < 1.29 is 4.79 Å². The molecule has 4 heterocycles. The lowest BCUT2D eigenvalue weighted by atomic mass is 9.94. The molecule has 1 N–H and O–H groups in total. The van der Waals surface area contributed by atoms with E-state index >= 15 is 0 Å². The van der Waals surface area contributed by atoms with Crippen LogP contribution >= 0.6 is 11.3 Å². The zero-order valence-electron chi connectivity index (χ0n) is 17.0. The average molecular weight is 405 g/mol. The molecule has 0 saturated heterocycles. The van der Waals surface area contributed by atoms with Gasteiger partial charge in [0.05, 0.1) is 17.6 Å². The molecule has 3 aromatic rings. The van der Waals surface area contributed by atoms with Crippen LogP contribution in [-0.2, 0) is 19.5 Å². The molecule has 0 atom stereocenters. The van der Waals surface area contributed by atoms with Crippen molar-refractivity contribution >= 4 is 36.4 Å². The lowest BCUT2D eigenvalue weighted by Crippen LogP contribution is -2.33. The van der Waals surface area contributed by atoms with E-state index in [1.54, 1.807) is 24.1 Å². The molecule has 8 heteroatoms. The first-order valence-electron chi connectivity index (χ1n) is 9.70. The fourth-order valence-electron chi connectivity index (χ4n) is 3.25. The highest BCUT2D eigenvalue weighted by Crippen LogP contribution is 2.24. The van der Waals surface area contributed by atoms with Crippen LogP contribution in [0.1, 0.15) is 45.9 Å². The fourth-order valence-corrected chi connectivity index (χ4v) is 3.78. The van der Waals surface area contributed by atoms with Crippen molar-refractivity contribution in [3.8, 4) is 0 Å². The molecule has 29 heavy (non-hydrogen) atoms. The number of aromatic nitrogens is 3. The summed E-state index contributed by atoms with van der Waals surface area (Å²) in [7, 11) is 5.87. The average Bonchev–Trinajstić information content (AvgIpc) is 3.26. The van der Waals surface area contributed by atoms with Gasteiger partial charge in [0.1, 0.15) is 13.7 Å². The molecule has 0 bridgehead atoms. The minimum absolute atomic E-state index is 0.133. The van der Waals surface area contributed by atoms with E-state index in [-0.39, 0.29) is 5.91 Å². The van der Waals surface area contributed by atoms with E-state index in [0.717, 1.165) is 47.0 Å². The van der Waals surface area contributed by atoms with Crippen LogP contribution in [0.25, 0.3) is 0 Å². The molecular weight excluding hydrogens is 381 g/mol. The molecule has 2 radical (unpaired) electrons. The third kappa shape index (κ3) is 5.01. The van der Waals surface area contributed by atoms with E-state index in [1.165, 1.54) is 11.3 Å². The van der Waals surface area contributed by atoms with Gasteiger partial charge in [-0.3, -0.25) is 14.8 Å². The van der Waals surface area contributed by atoms with Crippen molar-refractivity contribution in [2.45, 2.75) is 40.3 Å². The third-order valence-electron chi connectivity index (χ3n) is 4.58. The first-order chi connectivity index (χ1) is 14.1. The summed E-state index contributed by atoms with van der Waals surface area (Å²) in [5.41, 5.74) is 6.19. The molecule has 1 amide bonds. The van der Waals surface area contributed by atoms with Crippen LogP contribution in [0.2, 0.25) is 0 Å². The highest BCUT2D eigenvalue weighted by Gasteiger charge is 2.20. The maximum atomic E-state index is 12.4. The van der Waals surface area contributed by atoms with Crippen molar-refractivity contribution in [2.24, 2.45) is 0 Å². The topological polar surface area (TPSA) is 71.0 Å². The lowest BCUT2D eigenvalue weighted by molar-refractivity contribution is 0.0951. The Bertz CT molecular complexity index is 977. The van der Waals surface area contributed by atoms with Crippen molar-refractivity contribution in [3.05, 3.63) is 63.5 Å². The first-order valence-corrected chi connectivity index (χ1v) is 10.6. The zero-order chi connectivity index (χ0) is 20.8. The molecule has 0 unspecified atom stereocenters. The summed E-state index contributed by atoms with van der Waals surface area (Å²) >= 11 is 1.52. The Labute approximate surface area is 176 Å². The molecule has 3 aromatic heterocycles. The maximum Gasteiger partial charge on any atom is 0.253 e. The standard InChI is InChI=1S/C19H18BN5OS.C2H6/c1-12-4-13(19(26)24-9-16-8-21-11-27-16)6-23-18(12)25-3-2-17-14(10-25)5-15(20)7-22-17;1-2/h4-8,11H,2-3,9-10H2,1H3,(H,24,26);1-2H3. The number of nitrogens with zero attached hydrogens (tertiary/aromatic N) is 4. The Hall–Kier alpha value is -2.74. The Morgan fingerprint density at radius 3 is 2.79 bits per heavy atom. The number of nitrogens with one attached hydrogen (secondary N) is 1. The number of carbonyl (C=O) groups is 1. The summed E-state index contributed by atoms with van der Waals surface area (Å²) in [4.78, 5) is 28.6. The molecule has 6 nitrogen and oxygen atoms in total. The summed E-state index contributed by atoms with van der Waals surface area (Å²) in [6.45, 7) is 8.02. The quantitative estimate of drug-likeness (QED) is 0.676. The summed E-state index contributed by atoms with van der Waals surface area (Å²) in [5, 5.41) is 2.90. The van der Waals surface area contributed by atoms with Gasteiger partial charge in [-0.05, 0) is 24.1 Å². The maximum absolute atomic E-state index is 12.4. The molecule has 0 aromatic carbocycles. The Morgan fingerprint density at radius 1 is 1.24 bits per heavy atom. The van der Waals surface area contributed by atoms with Gasteiger partial charge in [0.2, 0.25) is 0 Å². The van der Waals surface area contributed by atoms with Crippen molar-refractivity contribution in [2.75, 3.05) is 11.4 Å². The second-order valence-electron chi connectivity index (χ2n) is 6.56. The smallest absolute Gasteiger partial charge is 0.253 e. The minimum Gasteiger partial charge on any atom is -0.352 e. The minimum atomic E-state index is -0.133. The number of rotatable bonds is 4. The second kappa shape index (κ2) is 9.65. The van der Waals surface area contributed by atoms with Crippen LogP contribution in [0.5, 0.6) is 0 Å². The third-order valence-corrected chi connectivity index (χ3v) is 5.36. The van der Waals surface area contributed by atoms with Crippen LogP contribution in [0.15, 0.2) is 36.2 Å². The summed E-state index contributed by atoms with van der Waals surface area (Å²) in [6.07, 6.45) is 5.95. The van der Waals surface area contributed by atoms with Crippen LogP contribution in [0.4, 0.5) is 5.82 Å². The van der Waals surface area contributed by atoms with E-state index < -0.39 is 0 Å². The molecule has 0 saturated carbocycles. The van der Waals surface area contributed by atoms with Gasteiger partial charge >= 0.3 is 0 Å². The number of thiazole rings is 1. The van der Waals surface area contributed by atoms with Crippen LogP contribution < -0.4 is 15.7 Å². The number of anilines is 1. The Morgan fingerprint density at radius 2 is 2.07 bits per heavy atom. The molecule has 4 rings (SSSR count). The van der Waals surface area contributed by atoms with E-state index in [4.69, 9.17) is 7.85 Å². The number of hydrogen-bond acceptors (Lipinski definition) is 6. The van der Waals surface area contributed by atoms with Gasteiger partial charge in [-0.1, -0.05) is 25.4 Å². The van der Waals surface area contributed by atoms with Crippen molar-refractivity contribution in [3.63, 3.8) is 0 Å². The van der Waals surface area contributed by atoms with E-state index in [0.29, 0.717) is 17.6 Å². The van der Waals surface area contributed by atoms with Crippen LogP contribution in [0, 0.1) is 6.92 Å². The SMILES string of the molecule is CC.[B]c1cnc2c(c1)CN(c1ncc(C(=O)NCc3cncs3)cc1C)CC2. The van der Waals surface area contributed by atoms with Crippen molar-refractivity contribution in [1.29, 1.82) is 0 Å². The predicted octanol–water partition coefficient (Wildman–Crippen LogP) is 2.55. The molecule has 1 aliphatic rings.